The van der Waals surface area contributed by atoms with Gasteiger partial charge in [0.25, 0.3) is 0 Å². The fourth-order valence-corrected chi connectivity index (χ4v) is 2.91. The monoisotopic (exact) mass is 445 g/mol. The van der Waals surface area contributed by atoms with Crippen LogP contribution in [0.5, 0.6) is 5.88 Å². The van der Waals surface area contributed by atoms with Crippen molar-refractivity contribution in [1.82, 2.24) is 24.7 Å². The molecule has 0 radical (unpaired) electrons. The van der Waals surface area contributed by atoms with Crippen molar-refractivity contribution in [2.45, 2.75) is 13.8 Å². The van der Waals surface area contributed by atoms with Gasteiger partial charge < -0.3 is 20.5 Å². The number of ether oxygens (including phenoxy) is 2. The second-order valence-corrected chi connectivity index (χ2v) is 8.03. The fourth-order valence-electron chi connectivity index (χ4n) is 2.75. The van der Waals surface area contributed by atoms with E-state index in [1.54, 1.807) is 36.3 Å². The van der Waals surface area contributed by atoms with Gasteiger partial charge in [-0.1, -0.05) is 25.4 Å². The molecule has 0 saturated heterocycles. The van der Waals surface area contributed by atoms with E-state index in [4.69, 9.17) is 26.8 Å². The molecule has 0 aliphatic heterocycles. The fraction of sp³-hybridized carbons (Fsp3) is 0.350. The Balaban J connectivity index is 1.72. The molecule has 164 valence electrons. The van der Waals surface area contributed by atoms with Gasteiger partial charge in [0.2, 0.25) is 5.88 Å². The zero-order chi connectivity index (χ0) is 22.6. The molecule has 0 atom stereocenters. The molecule has 0 spiro atoms. The number of esters is 1. The summed E-state index contributed by atoms with van der Waals surface area (Å²) in [6.45, 7) is 4.88. The summed E-state index contributed by atoms with van der Waals surface area (Å²) in [7, 11) is 3.09. The number of aryl methyl sites for hydroxylation is 1. The molecule has 0 amide bonds. The molecule has 0 unspecified atom stereocenters. The Hall–Kier alpha value is -3.40. The van der Waals surface area contributed by atoms with Crippen molar-refractivity contribution in [1.29, 1.82) is 0 Å². The van der Waals surface area contributed by atoms with Gasteiger partial charge in [0.05, 0.1) is 25.6 Å². The number of carbonyl (C=O) groups is 1. The van der Waals surface area contributed by atoms with Crippen LogP contribution in [-0.2, 0) is 11.8 Å². The second-order valence-electron chi connectivity index (χ2n) is 7.64. The molecule has 0 aliphatic rings. The number of nitrogens with one attached hydrogen (secondary N) is 1. The molecular weight excluding hydrogens is 422 g/mol. The first kappa shape index (κ1) is 22.3. The average molecular weight is 446 g/mol. The topological polar surface area (TPSA) is 130 Å². The van der Waals surface area contributed by atoms with Crippen LogP contribution in [0.25, 0.3) is 11.4 Å². The van der Waals surface area contributed by atoms with Crippen LogP contribution >= 0.6 is 11.6 Å². The van der Waals surface area contributed by atoms with Gasteiger partial charge >= 0.3 is 5.97 Å². The molecule has 11 heteroatoms. The van der Waals surface area contributed by atoms with E-state index in [0.717, 1.165) is 0 Å². The number of nitrogens with two attached hydrogens (primary N) is 1. The lowest BCUT2D eigenvalue weighted by Gasteiger charge is -2.26. The van der Waals surface area contributed by atoms with Crippen LogP contribution in [-0.4, -0.2) is 51.0 Å². The minimum Gasteiger partial charge on any atom is -0.477 e. The van der Waals surface area contributed by atoms with Crippen molar-refractivity contribution in [2.24, 2.45) is 12.5 Å². The van der Waals surface area contributed by atoms with Crippen LogP contribution in [0, 0.1) is 5.41 Å². The number of carbonyl (C=O) groups excluding carboxylic acids is 1. The van der Waals surface area contributed by atoms with Gasteiger partial charge in [-0.05, 0) is 12.1 Å². The van der Waals surface area contributed by atoms with Gasteiger partial charge in [0.1, 0.15) is 22.1 Å². The zero-order valence-electron chi connectivity index (χ0n) is 17.7. The second kappa shape index (κ2) is 9.17. The molecule has 0 aromatic carbocycles. The van der Waals surface area contributed by atoms with E-state index >= 15 is 0 Å². The molecule has 3 heterocycles. The minimum atomic E-state index is -0.498. The standard InChI is InChI=1S/C20H24ClN7O3/c1-20(2,10-25-14-7-15(21)24-8-12(14)19(29)30-4)11-31-18-13(9-26-28(18)3)17-23-6-5-16(22)27-17/h5-9H,10-11H2,1-4H3,(H,24,25)(H2,22,23,27). The number of rotatable bonds is 8. The Bertz CT molecular complexity index is 1080. The Morgan fingerprint density at radius 2 is 2.10 bits per heavy atom. The third-order valence-corrected chi connectivity index (χ3v) is 4.64. The highest BCUT2D eigenvalue weighted by Gasteiger charge is 2.23. The molecule has 0 bridgehead atoms. The van der Waals surface area contributed by atoms with Gasteiger partial charge in [-0.3, -0.25) is 0 Å². The van der Waals surface area contributed by atoms with E-state index < -0.39 is 5.97 Å². The molecule has 31 heavy (non-hydrogen) atoms. The number of pyridine rings is 1. The number of anilines is 2. The van der Waals surface area contributed by atoms with Crippen molar-refractivity contribution < 1.29 is 14.3 Å². The van der Waals surface area contributed by atoms with Gasteiger partial charge in [0, 0.05) is 31.4 Å². The summed E-state index contributed by atoms with van der Waals surface area (Å²) in [4.78, 5) is 24.4. The number of methoxy groups -OCH3 is 1. The van der Waals surface area contributed by atoms with Crippen LogP contribution < -0.4 is 15.8 Å². The van der Waals surface area contributed by atoms with Gasteiger partial charge in [0.15, 0.2) is 5.82 Å². The molecule has 0 aliphatic carbocycles. The summed E-state index contributed by atoms with van der Waals surface area (Å²) in [6.07, 6.45) is 4.60. The van der Waals surface area contributed by atoms with Crippen molar-refractivity contribution >= 4 is 29.1 Å². The van der Waals surface area contributed by atoms with Crippen molar-refractivity contribution in [2.75, 3.05) is 31.3 Å². The van der Waals surface area contributed by atoms with Gasteiger partial charge in [-0.25, -0.2) is 24.4 Å². The molecule has 3 aromatic rings. The number of aromatic nitrogens is 5. The van der Waals surface area contributed by atoms with E-state index in [-0.39, 0.29) is 10.6 Å². The molecule has 3 aromatic heterocycles. The Morgan fingerprint density at radius 1 is 1.32 bits per heavy atom. The molecule has 10 nitrogen and oxygen atoms in total. The Morgan fingerprint density at radius 3 is 2.81 bits per heavy atom. The smallest absolute Gasteiger partial charge is 0.341 e. The quantitative estimate of drug-likeness (QED) is 0.397. The summed E-state index contributed by atoms with van der Waals surface area (Å²) in [5, 5.41) is 7.76. The molecule has 0 saturated carbocycles. The maximum absolute atomic E-state index is 12.0. The molecule has 3 rings (SSSR count). The summed E-state index contributed by atoms with van der Waals surface area (Å²) in [5.41, 5.74) is 6.92. The summed E-state index contributed by atoms with van der Waals surface area (Å²) in [6, 6.07) is 3.20. The first-order valence-corrected chi connectivity index (χ1v) is 9.79. The van der Waals surface area contributed by atoms with E-state index in [9.17, 15) is 4.79 Å². The molecular formula is C20H24ClN7O3. The summed E-state index contributed by atoms with van der Waals surface area (Å²) < 4.78 is 12.5. The lowest BCUT2D eigenvalue weighted by Crippen LogP contribution is -2.30. The minimum absolute atomic E-state index is 0.269. The Kier molecular flexibility index (Phi) is 6.59. The summed E-state index contributed by atoms with van der Waals surface area (Å²) in [5.74, 6) is 0.832. The number of nitrogen functional groups attached to an aromatic ring is 1. The first-order valence-electron chi connectivity index (χ1n) is 9.41. The lowest BCUT2D eigenvalue weighted by molar-refractivity contribution is 0.0601. The first-order chi connectivity index (χ1) is 14.7. The average Bonchev–Trinajstić information content (AvgIpc) is 3.11. The van der Waals surface area contributed by atoms with E-state index in [1.807, 2.05) is 13.8 Å². The third kappa shape index (κ3) is 5.40. The van der Waals surface area contributed by atoms with Crippen LogP contribution in [0.3, 0.4) is 0 Å². The third-order valence-electron chi connectivity index (χ3n) is 4.44. The van der Waals surface area contributed by atoms with Crippen LogP contribution in [0.15, 0.2) is 30.7 Å². The van der Waals surface area contributed by atoms with Gasteiger partial charge in [-0.15, -0.1) is 0 Å². The number of nitrogens with zero attached hydrogens (tertiary/aromatic N) is 5. The maximum Gasteiger partial charge on any atom is 0.341 e. The van der Waals surface area contributed by atoms with E-state index in [0.29, 0.717) is 47.5 Å². The van der Waals surface area contributed by atoms with Crippen molar-refractivity contribution in [3.8, 4) is 17.3 Å². The van der Waals surface area contributed by atoms with Crippen LogP contribution in [0.4, 0.5) is 11.5 Å². The number of hydrogen-bond donors (Lipinski definition) is 2. The van der Waals surface area contributed by atoms with E-state index in [1.165, 1.54) is 13.3 Å². The molecule has 3 N–H and O–H groups in total. The normalized spacial score (nSPS) is 11.3. The number of hydrogen-bond acceptors (Lipinski definition) is 9. The van der Waals surface area contributed by atoms with Crippen molar-refractivity contribution in [3.63, 3.8) is 0 Å². The predicted octanol–water partition coefficient (Wildman–Crippen LogP) is 2.81. The van der Waals surface area contributed by atoms with Crippen LogP contribution in [0.1, 0.15) is 24.2 Å². The van der Waals surface area contributed by atoms with E-state index in [2.05, 4.69) is 25.4 Å². The SMILES string of the molecule is COC(=O)c1cnc(Cl)cc1NCC(C)(C)COc1c(-c2nccc(N)n2)cnn1C. The largest absolute Gasteiger partial charge is 0.477 e. The highest BCUT2D eigenvalue weighted by molar-refractivity contribution is 6.29. The highest BCUT2D eigenvalue weighted by Crippen LogP contribution is 2.29. The maximum atomic E-state index is 12.0. The summed E-state index contributed by atoms with van der Waals surface area (Å²) >= 11 is 5.99. The zero-order valence-corrected chi connectivity index (χ0v) is 18.5. The molecule has 0 fully saturated rings. The van der Waals surface area contributed by atoms with Crippen molar-refractivity contribution in [3.05, 3.63) is 41.4 Å². The lowest BCUT2D eigenvalue weighted by atomic mass is 9.94. The number of halogens is 1. The predicted molar refractivity (Wildman–Crippen MR) is 117 cm³/mol. The highest BCUT2D eigenvalue weighted by atomic mass is 35.5. The van der Waals surface area contributed by atoms with Crippen LogP contribution in [0.2, 0.25) is 5.15 Å². The van der Waals surface area contributed by atoms with Gasteiger partial charge in [-0.2, -0.15) is 5.10 Å². The Labute approximate surface area is 184 Å².